The Labute approximate surface area is 113 Å². The number of halogens is 1. The molecule has 0 saturated carbocycles. The minimum atomic E-state index is 0.300. The molecule has 0 radical (unpaired) electrons. The van der Waals surface area contributed by atoms with Gasteiger partial charge in [0.1, 0.15) is 0 Å². The SMILES string of the molecule is Cc1cc(C)c2c(c1)CC(c1ccccc1Cl)N2. The Morgan fingerprint density at radius 2 is 1.94 bits per heavy atom. The lowest BCUT2D eigenvalue weighted by Crippen LogP contribution is -2.06. The molecule has 0 aliphatic carbocycles. The fourth-order valence-corrected chi connectivity index (χ4v) is 3.08. The molecule has 1 unspecified atom stereocenters. The molecule has 1 aliphatic rings. The number of anilines is 1. The van der Waals surface area contributed by atoms with Gasteiger partial charge in [0.05, 0.1) is 6.04 Å². The fourth-order valence-electron chi connectivity index (χ4n) is 2.81. The van der Waals surface area contributed by atoms with Crippen molar-refractivity contribution in [3.63, 3.8) is 0 Å². The molecule has 0 saturated heterocycles. The monoisotopic (exact) mass is 257 g/mol. The van der Waals surface area contributed by atoms with Crippen molar-refractivity contribution in [2.45, 2.75) is 26.3 Å². The van der Waals surface area contributed by atoms with Crippen LogP contribution < -0.4 is 5.32 Å². The van der Waals surface area contributed by atoms with Crippen molar-refractivity contribution >= 4 is 17.3 Å². The Morgan fingerprint density at radius 3 is 2.72 bits per heavy atom. The van der Waals surface area contributed by atoms with Crippen molar-refractivity contribution in [1.82, 2.24) is 0 Å². The molecule has 92 valence electrons. The topological polar surface area (TPSA) is 12.0 Å². The quantitative estimate of drug-likeness (QED) is 0.783. The standard InChI is InChI=1S/C16H16ClN/c1-10-7-11(2)16-12(8-10)9-15(18-16)13-5-3-4-6-14(13)17/h3-8,15,18H,9H2,1-2H3. The lowest BCUT2D eigenvalue weighted by atomic mass is 10.0. The lowest BCUT2D eigenvalue weighted by Gasteiger charge is -2.13. The minimum Gasteiger partial charge on any atom is -0.377 e. The van der Waals surface area contributed by atoms with Crippen molar-refractivity contribution in [2.75, 3.05) is 5.32 Å². The van der Waals surface area contributed by atoms with Crippen LogP contribution in [0.1, 0.15) is 28.3 Å². The van der Waals surface area contributed by atoms with E-state index in [0.717, 1.165) is 11.4 Å². The summed E-state index contributed by atoms with van der Waals surface area (Å²) in [6.07, 6.45) is 1.02. The normalized spacial score (nSPS) is 17.4. The van der Waals surface area contributed by atoms with Crippen LogP contribution >= 0.6 is 11.6 Å². The van der Waals surface area contributed by atoms with Crippen LogP contribution in [0.3, 0.4) is 0 Å². The molecule has 1 atom stereocenters. The van der Waals surface area contributed by atoms with Gasteiger partial charge in [-0.25, -0.2) is 0 Å². The predicted molar refractivity (Wildman–Crippen MR) is 77.4 cm³/mol. The molecule has 2 aromatic rings. The number of fused-ring (bicyclic) bond motifs is 1. The second kappa shape index (κ2) is 4.33. The number of hydrogen-bond donors (Lipinski definition) is 1. The van der Waals surface area contributed by atoms with Crippen molar-refractivity contribution in [1.29, 1.82) is 0 Å². The molecule has 0 spiro atoms. The van der Waals surface area contributed by atoms with E-state index in [-0.39, 0.29) is 0 Å². The first-order chi connectivity index (χ1) is 8.65. The Kier molecular flexibility index (Phi) is 2.79. The van der Waals surface area contributed by atoms with Crippen LogP contribution in [-0.4, -0.2) is 0 Å². The molecule has 1 nitrogen and oxygen atoms in total. The van der Waals surface area contributed by atoms with Gasteiger partial charge in [-0.05, 0) is 43.0 Å². The summed E-state index contributed by atoms with van der Waals surface area (Å²) in [6, 6.07) is 12.9. The number of nitrogens with one attached hydrogen (secondary N) is 1. The first kappa shape index (κ1) is 11.6. The molecule has 1 heterocycles. The number of hydrogen-bond acceptors (Lipinski definition) is 1. The van der Waals surface area contributed by atoms with Gasteiger partial charge in [-0.2, -0.15) is 0 Å². The van der Waals surface area contributed by atoms with Gasteiger partial charge in [-0.3, -0.25) is 0 Å². The largest absolute Gasteiger partial charge is 0.377 e. The Hall–Kier alpha value is -1.47. The highest BCUT2D eigenvalue weighted by Crippen LogP contribution is 2.38. The molecule has 1 N–H and O–H groups in total. The zero-order chi connectivity index (χ0) is 12.7. The maximum atomic E-state index is 6.28. The Morgan fingerprint density at radius 1 is 1.17 bits per heavy atom. The van der Waals surface area contributed by atoms with Crippen LogP contribution in [0.4, 0.5) is 5.69 Å². The maximum absolute atomic E-state index is 6.28. The highest BCUT2D eigenvalue weighted by molar-refractivity contribution is 6.31. The second-order valence-electron chi connectivity index (χ2n) is 5.04. The maximum Gasteiger partial charge on any atom is 0.0569 e. The van der Waals surface area contributed by atoms with E-state index in [1.807, 2.05) is 18.2 Å². The third-order valence-electron chi connectivity index (χ3n) is 3.58. The highest BCUT2D eigenvalue weighted by atomic mass is 35.5. The van der Waals surface area contributed by atoms with E-state index in [9.17, 15) is 0 Å². The smallest absolute Gasteiger partial charge is 0.0569 e. The molecular formula is C16H16ClN. The Balaban J connectivity index is 1.99. The third kappa shape index (κ3) is 1.89. The molecule has 0 aromatic heterocycles. The summed E-state index contributed by atoms with van der Waals surface area (Å²) < 4.78 is 0. The zero-order valence-electron chi connectivity index (χ0n) is 10.6. The van der Waals surface area contributed by atoms with E-state index in [4.69, 9.17) is 11.6 Å². The summed E-state index contributed by atoms with van der Waals surface area (Å²) >= 11 is 6.28. The molecule has 3 rings (SSSR count). The molecule has 0 amide bonds. The summed E-state index contributed by atoms with van der Waals surface area (Å²) in [6.45, 7) is 4.31. The van der Waals surface area contributed by atoms with E-state index in [0.29, 0.717) is 6.04 Å². The third-order valence-corrected chi connectivity index (χ3v) is 3.93. The van der Waals surface area contributed by atoms with Crippen LogP contribution in [0.25, 0.3) is 0 Å². The number of aryl methyl sites for hydroxylation is 2. The van der Waals surface area contributed by atoms with Gasteiger partial charge in [-0.1, -0.05) is 47.5 Å². The van der Waals surface area contributed by atoms with E-state index in [1.165, 1.54) is 27.9 Å². The van der Waals surface area contributed by atoms with Crippen molar-refractivity contribution < 1.29 is 0 Å². The Bertz CT molecular complexity index is 604. The van der Waals surface area contributed by atoms with E-state index in [2.05, 4.69) is 37.4 Å². The van der Waals surface area contributed by atoms with E-state index < -0.39 is 0 Å². The second-order valence-corrected chi connectivity index (χ2v) is 5.45. The van der Waals surface area contributed by atoms with Gasteiger partial charge in [0.2, 0.25) is 0 Å². The summed E-state index contributed by atoms with van der Waals surface area (Å²) in [5, 5.41) is 4.45. The number of benzene rings is 2. The van der Waals surface area contributed by atoms with Crippen LogP contribution in [0.15, 0.2) is 36.4 Å². The molecule has 0 fully saturated rings. The van der Waals surface area contributed by atoms with E-state index in [1.54, 1.807) is 0 Å². The van der Waals surface area contributed by atoms with Crippen LogP contribution in [-0.2, 0) is 6.42 Å². The van der Waals surface area contributed by atoms with Crippen LogP contribution in [0.5, 0.6) is 0 Å². The molecule has 2 heteroatoms. The van der Waals surface area contributed by atoms with Crippen molar-refractivity contribution in [3.05, 3.63) is 63.7 Å². The average Bonchev–Trinajstić information content (AvgIpc) is 2.73. The van der Waals surface area contributed by atoms with Crippen molar-refractivity contribution in [3.8, 4) is 0 Å². The zero-order valence-corrected chi connectivity index (χ0v) is 11.4. The predicted octanol–water partition coefficient (Wildman–Crippen LogP) is 4.67. The molecule has 0 bridgehead atoms. The summed E-state index contributed by atoms with van der Waals surface area (Å²) in [4.78, 5) is 0. The lowest BCUT2D eigenvalue weighted by molar-refractivity contribution is 0.824. The van der Waals surface area contributed by atoms with Gasteiger partial charge < -0.3 is 5.32 Å². The van der Waals surface area contributed by atoms with Gasteiger partial charge in [0, 0.05) is 10.7 Å². The van der Waals surface area contributed by atoms with Crippen LogP contribution in [0, 0.1) is 13.8 Å². The van der Waals surface area contributed by atoms with E-state index >= 15 is 0 Å². The first-order valence-electron chi connectivity index (χ1n) is 6.26. The number of rotatable bonds is 1. The minimum absolute atomic E-state index is 0.300. The molecular weight excluding hydrogens is 242 g/mol. The van der Waals surface area contributed by atoms with Gasteiger partial charge >= 0.3 is 0 Å². The highest BCUT2D eigenvalue weighted by Gasteiger charge is 2.24. The average molecular weight is 258 g/mol. The summed E-state index contributed by atoms with van der Waals surface area (Å²) in [5.74, 6) is 0. The fraction of sp³-hybridized carbons (Fsp3) is 0.250. The van der Waals surface area contributed by atoms with Crippen molar-refractivity contribution in [2.24, 2.45) is 0 Å². The first-order valence-corrected chi connectivity index (χ1v) is 6.64. The summed E-state index contributed by atoms with van der Waals surface area (Å²) in [7, 11) is 0. The van der Waals surface area contributed by atoms with Gasteiger partial charge in [-0.15, -0.1) is 0 Å². The molecule has 1 aliphatic heterocycles. The summed E-state index contributed by atoms with van der Waals surface area (Å²) in [5.41, 5.74) is 6.52. The van der Waals surface area contributed by atoms with Gasteiger partial charge in [0.15, 0.2) is 0 Å². The molecule has 2 aromatic carbocycles. The molecule has 18 heavy (non-hydrogen) atoms. The van der Waals surface area contributed by atoms with Crippen LogP contribution in [0.2, 0.25) is 5.02 Å². The van der Waals surface area contributed by atoms with Gasteiger partial charge in [0.25, 0.3) is 0 Å².